The van der Waals surface area contributed by atoms with Crippen LogP contribution in [0.2, 0.25) is 0 Å². The van der Waals surface area contributed by atoms with Crippen molar-refractivity contribution in [1.82, 2.24) is 5.43 Å². The second kappa shape index (κ2) is 9.20. The molecule has 1 N–H and O–H groups in total. The Morgan fingerprint density at radius 2 is 1.82 bits per heavy atom. The number of hydrogen-bond acceptors (Lipinski definition) is 2. The topological polar surface area (TPSA) is 41.5 Å². The van der Waals surface area contributed by atoms with Crippen LogP contribution in [0.15, 0.2) is 5.10 Å². The highest BCUT2D eigenvalue weighted by molar-refractivity contribution is 5.86. The van der Waals surface area contributed by atoms with Crippen LogP contribution in [0.3, 0.4) is 0 Å². The van der Waals surface area contributed by atoms with Crippen molar-refractivity contribution < 1.29 is 4.79 Å². The zero-order valence-electron chi connectivity index (χ0n) is 11.1. The van der Waals surface area contributed by atoms with Crippen LogP contribution in [-0.2, 0) is 4.79 Å². The zero-order valence-corrected chi connectivity index (χ0v) is 11.1. The third kappa shape index (κ3) is 7.14. The molecule has 0 bridgehead atoms. The Balaban J connectivity index is 2.04. The Morgan fingerprint density at radius 1 is 1.12 bits per heavy atom. The number of hydrazone groups is 1. The molecular formula is C14H26N2O. The second-order valence-corrected chi connectivity index (χ2v) is 4.94. The fourth-order valence-electron chi connectivity index (χ4n) is 2.16. The molecule has 0 unspecified atom stereocenters. The molecule has 0 heterocycles. The summed E-state index contributed by atoms with van der Waals surface area (Å²) in [6, 6.07) is 0. The number of nitrogens with one attached hydrogen (secondary N) is 1. The average Bonchev–Trinajstić information content (AvgIpc) is 2.37. The molecule has 0 radical (unpaired) electrons. The minimum atomic E-state index is 0.0829. The van der Waals surface area contributed by atoms with Crippen molar-refractivity contribution in [3.8, 4) is 0 Å². The molecular weight excluding hydrogens is 212 g/mol. The molecule has 0 spiro atoms. The molecule has 3 nitrogen and oxygen atoms in total. The van der Waals surface area contributed by atoms with E-state index in [0.29, 0.717) is 6.42 Å². The molecule has 0 atom stereocenters. The maximum atomic E-state index is 11.5. The SMILES string of the molecule is CCCCCCCC(=O)NN=C1CCCCC1. The number of hydrogen-bond donors (Lipinski definition) is 1. The van der Waals surface area contributed by atoms with Crippen LogP contribution in [0, 0.1) is 0 Å². The Morgan fingerprint density at radius 3 is 2.53 bits per heavy atom. The van der Waals surface area contributed by atoms with Gasteiger partial charge in [-0.1, -0.05) is 39.0 Å². The molecule has 1 rings (SSSR count). The van der Waals surface area contributed by atoms with Gasteiger partial charge in [-0.3, -0.25) is 4.79 Å². The summed E-state index contributed by atoms with van der Waals surface area (Å²) in [7, 11) is 0. The Hall–Kier alpha value is -0.860. The minimum Gasteiger partial charge on any atom is -0.273 e. The number of rotatable bonds is 7. The number of carbonyl (C=O) groups excluding carboxylic acids is 1. The van der Waals surface area contributed by atoms with E-state index in [1.807, 2.05) is 0 Å². The molecule has 1 fully saturated rings. The molecule has 1 aliphatic rings. The summed E-state index contributed by atoms with van der Waals surface area (Å²) < 4.78 is 0. The van der Waals surface area contributed by atoms with E-state index in [0.717, 1.165) is 25.7 Å². The molecule has 0 saturated heterocycles. The summed E-state index contributed by atoms with van der Waals surface area (Å²) in [6.45, 7) is 2.20. The lowest BCUT2D eigenvalue weighted by Gasteiger charge is -2.11. The van der Waals surface area contributed by atoms with Crippen molar-refractivity contribution in [2.45, 2.75) is 77.6 Å². The molecule has 0 aromatic carbocycles. The standard InChI is InChI=1S/C14H26N2O/c1-2-3-4-5-9-12-14(17)16-15-13-10-7-6-8-11-13/h2-12H2,1H3,(H,16,17). The first-order valence-electron chi connectivity index (χ1n) is 7.17. The van der Waals surface area contributed by atoms with Crippen LogP contribution in [0.25, 0.3) is 0 Å². The van der Waals surface area contributed by atoms with Gasteiger partial charge in [-0.15, -0.1) is 0 Å². The van der Waals surface area contributed by atoms with Crippen LogP contribution in [0.5, 0.6) is 0 Å². The van der Waals surface area contributed by atoms with Crippen molar-refractivity contribution in [1.29, 1.82) is 0 Å². The average molecular weight is 238 g/mol. The summed E-state index contributed by atoms with van der Waals surface area (Å²) in [5.74, 6) is 0.0829. The highest BCUT2D eigenvalue weighted by atomic mass is 16.2. The first-order valence-corrected chi connectivity index (χ1v) is 7.17. The van der Waals surface area contributed by atoms with Crippen molar-refractivity contribution in [2.75, 3.05) is 0 Å². The van der Waals surface area contributed by atoms with Gasteiger partial charge in [0.05, 0.1) is 0 Å². The highest BCUT2D eigenvalue weighted by Gasteiger charge is 2.07. The van der Waals surface area contributed by atoms with Gasteiger partial charge in [0.1, 0.15) is 0 Å². The molecule has 1 saturated carbocycles. The van der Waals surface area contributed by atoms with E-state index >= 15 is 0 Å². The number of carbonyl (C=O) groups is 1. The minimum absolute atomic E-state index is 0.0829. The first-order chi connectivity index (χ1) is 8.33. The fourth-order valence-corrected chi connectivity index (χ4v) is 2.16. The third-order valence-electron chi connectivity index (χ3n) is 3.28. The predicted octanol–water partition coefficient (Wildman–Crippen LogP) is 3.78. The molecule has 0 aliphatic heterocycles. The van der Waals surface area contributed by atoms with Crippen LogP contribution < -0.4 is 5.43 Å². The van der Waals surface area contributed by atoms with Crippen molar-refractivity contribution in [2.24, 2.45) is 5.10 Å². The monoisotopic (exact) mass is 238 g/mol. The van der Waals surface area contributed by atoms with Gasteiger partial charge in [0.15, 0.2) is 0 Å². The third-order valence-corrected chi connectivity index (χ3v) is 3.28. The van der Waals surface area contributed by atoms with Gasteiger partial charge in [-0.2, -0.15) is 5.10 Å². The number of unbranched alkanes of at least 4 members (excludes halogenated alkanes) is 4. The van der Waals surface area contributed by atoms with Crippen molar-refractivity contribution in [3.63, 3.8) is 0 Å². The van der Waals surface area contributed by atoms with Crippen molar-refractivity contribution >= 4 is 11.6 Å². The van der Waals surface area contributed by atoms with Crippen molar-refractivity contribution in [3.05, 3.63) is 0 Å². The van der Waals surface area contributed by atoms with E-state index in [1.165, 1.54) is 44.2 Å². The van der Waals surface area contributed by atoms with Gasteiger partial charge >= 0.3 is 0 Å². The predicted molar refractivity (Wildman–Crippen MR) is 72.0 cm³/mol. The second-order valence-electron chi connectivity index (χ2n) is 4.94. The van der Waals surface area contributed by atoms with Gasteiger partial charge in [0.25, 0.3) is 0 Å². The zero-order chi connectivity index (χ0) is 12.3. The van der Waals surface area contributed by atoms with E-state index in [9.17, 15) is 4.79 Å². The van der Waals surface area contributed by atoms with E-state index in [1.54, 1.807) is 0 Å². The normalized spacial score (nSPS) is 15.7. The molecule has 17 heavy (non-hydrogen) atoms. The van der Waals surface area contributed by atoms with E-state index < -0.39 is 0 Å². The largest absolute Gasteiger partial charge is 0.273 e. The van der Waals surface area contributed by atoms with Gasteiger partial charge in [0.2, 0.25) is 5.91 Å². The van der Waals surface area contributed by atoms with Crippen LogP contribution in [0.1, 0.15) is 77.6 Å². The molecule has 98 valence electrons. The maximum Gasteiger partial charge on any atom is 0.240 e. The maximum absolute atomic E-state index is 11.5. The summed E-state index contributed by atoms with van der Waals surface area (Å²) in [4.78, 5) is 11.5. The summed E-state index contributed by atoms with van der Waals surface area (Å²) in [6.07, 6.45) is 12.5. The lowest BCUT2D eigenvalue weighted by molar-refractivity contribution is -0.121. The quantitative estimate of drug-likeness (QED) is 0.532. The molecule has 1 aliphatic carbocycles. The lowest BCUT2D eigenvalue weighted by Crippen LogP contribution is -2.20. The van der Waals surface area contributed by atoms with Crippen LogP contribution >= 0.6 is 0 Å². The lowest BCUT2D eigenvalue weighted by atomic mass is 9.99. The molecule has 3 heteroatoms. The first kappa shape index (κ1) is 14.2. The van der Waals surface area contributed by atoms with Gasteiger partial charge in [-0.05, 0) is 32.1 Å². The Kier molecular flexibility index (Phi) is 7.69. The molecule has 1 amide bonds. The Labute approximate surface area is 105 Å². The summed E-state index contributed by atoms with van der Waals surface area (Å²) in [5, 5.41) is 4.22. The summed E-state index contributed by atoms with van der Waals surface area (Å²) >= 11 is 0. The highest BCUT2D eigenvalue weighted by Crippen LogP contribution is 2.14. The molecule has 0 aromatic heterocycles. The van der Waals surface area contributed by atoms with Gasteiger partial charge in [0, 0.05) is 12.1 Å². The van der Waals surface area contributed by atoms with E-state index in [2.05, 4.69) is 17.5 Å². The number of amides is 1. The van der Waals surface area contributed by atoms with Crippen LogP contribution in [0.4, 0.5) is 0 Å². The number of nitrogens with zero attached hydrogens (tertiary/aromatic N) is 1. The Bertz CT molecular complexity index is 241. The van der Waals surface area contributed by atoms with Gasteiger partial charge in [-0.25, -0.2) is 5.43 Å². The molecule has 0 aromatic rings. The fraction of sp³-hybridized carbons (Fsp3) is 0.857. The van der Waals surface area contributed by atoms with E-state index in [-0.39, 0.29) is 5.91 Å². The van der Waals surface area contributed by atoms with Crippen LogP contribution in [-0.4, -0.2) is 11.6 Å². The summed E-state index contributed by atoms with van der Waals surface area (Å²) in [5.41, 5.74) is 3.87. The van der Waals surface area contributed by atoms with Gasteiger partial charge < -0.3 is 0 Å². The smallest absolute Gasteiger partial charge is 0.240 e. The van der Waals surface area contributed by atoms with E-state index in [4.69, 9.17) is 0 Å².